The average Bonchev–Trinajstić information content (AvgIpc) is 3.34. The molecule has 36 heavy (non-hydrogen) atoms. The molecule has 4 rings (SSSR count). The van der Waals surface area contributed by atoms with Crippen LogP contribution in [0.5, 0.6) is 0 Å². The van der Waals surface area contributed by atoms with E-state index in [9.17, 15) is 9.59 Å². The molecule has 2 aromatic carbocycles. The van der Waals surface area contributed by atoms with Crippen LogP contribution in [0, 0.1) is 13.8 Å². The number of piperazine rings is 1. The summed E-state index contributed by atoms with van der Waals surface area (Å²) < 4.78 is 6.79. The van der Waals surface area contributed by atoms with Gasteiger partial charge >= 0.3 is 0 Å². The zero-order chi connectivity index (χ0) is 25.5. The Morgan fingerprint density at radius 3 is 2.44 bits per heavy atom. The molecule has 1 aliphatic heterocycles. The van der Waals surface area contributed by atoms with Crippen molar-refractivity contribution in [3.05, 3.63) is 71.4 Å². The van der Waals surface area contributed by atoms with Gasteiger partial charge in [0.15, 0.2) is 0 Å². The molecular formula is C28H35N5O3. The van der Waals surface area contributed by atoms with Gasteiger partial charge in [0, 0.05) is 58.2 Å². The highest BCUT2D eigenvalue weighted by atomic mass is 16.5. The van der Waals surface area contributed by atoms with E-state index >= 15 is 0 Å². The normalized spacial score (nSPS) is 14.1. The molecule has 0 unspecified atom stereocenters. The van der Waals surface area contributed by atoms with Gasteiger partial charge in [-0.3, -0.25) is 14.5 Å². The molecule has 0 bridgehead atoms. The summed E-state index contributed by atoms with van der Waals surface area (Å²) in [6.07, 6.45) is 2.63. The number of benzene rings is 2. The van der Waals surface area contributed by atoms with Gasteiger partial charge in [0.25, 0.3) is 5.91 Å². The Morgan fingerprint density at radius 2 is 1.75 bits per heavy atom. The van der Waals surface area contributed by atoms with Crippen LogP contribution in [0.4, 0.5) is 0 Å². The number of ether oxygens (including phenoxy) is 1. The third-order valence-corrected chi connectivity index (χ3v) is 6.62. The first-order valence-corrected chi connectivity index (χ1v) is 12.5. The molecule has 0 atom stereocenters. The van der Waals surface area contributed by atoms with Gasteiger partial charge in [-0.15, -0.1) is 0 Å². The Hall–Kier alpha value is -3.49. The Morgan fingerprint density at radius 1 is 1.00 bits per heavy atom. The Bertz CT molecular complexity index is 1180. The molecular weight excluding hydrogens is 454 g/mol. The minimum Gasteiger partial charge on any atom is -0.385 e. The number of rotatable bonds is 9. The fourth-order valence-electron chi connectivity index (χ4n) is 4.33. The van der Waals surface area contributed by atoms with Gasteiger partial charge < -0.3 is 15.0 Å². The molecule has 190 valence electrons. The van der Waals surface area contributed by atoms with E-state index in [1.54, 1.807) is 11.8 Å². The average molecular weight is 490 g/mol. The molecule has 0 saturated carbocycles. The predicted molar refractivity (Wildman–Crippen MR) is 140 cm³/mol. The minimum absolute atomic E-state index is 0.00652. The quantitative estimate of drug-likeness (QED) is 0.468. The highest BCUT2D eigenvalue weighted by molar-refractivity contribution is 6.00. The smallest absolute Gasteiger partial charge is 0.257 e. The summed E-state index contributed by atoms with van der Waals surface area (Å²) in [5, 5.41) is 7.76. The van der Waals surface area contributed by atoms with Gasteiger partial charge in [-0.1, -0.05) is 30.3 Å². The van der Waals surface area contributed by atoms with Crippen LogP contribution < -0.4 is 5.32 Å². The number of carbonyl (C=O) groups excluding carboxylic acids is 2. The van der Waals surface area contributed by atoms with E-state index in [1.807, 2.05) is 47.5 Å². The molecule has 1 aromatic heterocycles. The highest BCUT2D eigenvalue weighted by Gasteiger charge is 2.27. The van der Waals surface area contributed by atoms with Crippen molar-refractivity contribution in [3.63, 3.8) is 0 Å². The lowest BCUT2D eigenvalue weighted by Crippen LogP contribution is -2.51. The van der Waals surface area contributed by atoms with E-state index in [0.717, 1.165) is 23.2 Å². The summed E-state index contributed by atoms with van der Waals surface area (Å²) in [6.45, 7) is 8.18. The fraction of sp³-hybridized carbons (Fsp3) is 0.393. The summed E-state index contributed by atoms with van der Waals surface area (Å²) in [6, 6.07) is 16.0. The van der Waals surface area contributed by atoms with Gasteiger partial charge in [0.2, 0.25) is 5.91 Å². The number of nitrogens with one attached hydrogen (secondary N) is 1. The monoisotopic (exact) mass is 489 g/mol. The Balaban J connectivity index is 1.47. The van der Waals surface area contributed by atoms with Crippen molar-refractivity contribution in [3.8, 4) is 16.9 Å². The van der Waals surface area contributed by atoms with Crippen LogP contribution in [-0.4, -0.2) is 84.4 Å². The van der Waals surface area contributed by atoms with E-state index in [1.165, 1.54) is 5.56 Å². The van der Waals surface area contributed by atoms with Crippen molar-refractivity contribution < 1.29 is 14.3 Å². The Labute approximate surface area is 212 Å². The lowest BCUT2D eigenvalue weighted by Gasteiger charge is -2.34. The summed E-state index contributed by atoms with van der Waals surface area (Å²) in [7, 11) is 1.65. The zero-order valence-electron chi connectivity index (χ0n) is 21.4. The number of para-hydroxylation sites is 1. The molecule has 3 aromatic rings. The second-order valence-corrected chi connectivity index (χ2v) is 9.24. The third kappa shape index (κ3) is 6.19. The van der Waals surface area contributed by atoms with Crippen LogP contribution in [-0.2, 0) is 9.53 Å². The van der Waals surface area contributed by atoms with Crippen LogP contribution >= 0.6 is 0 Å². The second-order valence-electron chi connectivity index (χ2n) is 9.24. The van der Waals surface area contributed by atoms with Gasteiger partial charge in [0.05, 0.1) is 17.8 Å². The molecule has 8 heteroatoms. The molecule has 2 amide bonds. The molecule has 2 heterocycles. The molecule has 1 fully saturated rings. The first-order valence-electron chi connectivity index (χ1n) is 12.5. The van der Waals surface area contributed by atoms with Gasteiger partial charge in [-0.05, 0) is 49.6 Å². The molecule has 0 spiro atoms. The van der Waals surface area contributed by atoms with Crippen molar-refractivity contribution in [1.29, 1.82) is 0 Å². The predicted octanol–water partition coefficient (Wildman–Crippen LogP) is 3.07. The van der Waals surface area contributed by atoms with E-state index in [-0.39, 0.29) is 11.8 Å². The number of aromatic nitrogens is 2. The van der Waals surface area contributed by atoms with E-state index < -0.39 is 0 Å². The molecule has 0 aliphatic carbocycles. The molecule has 1 saturated heterocycles. The van der Waals surface area contributed by atoms with Crippen LogP contribution in [0.25, 0.3) is 16.9 Å². The molecule has 0 radical (unpaired) electrons. The second kappa shape index (κ2) is 12.0. The van der Waals surface area contributed by atoms with Gasteiger partial charge in [-0.25, -0.2) is 4.68 Å². The van der Waals surface area contributed by atoms with Crippen molar-refractivity contribution in [2.45, 2.75) is 20.3 Å². The zero-order valence-corrected chi connectivity index (χ0v) is 21.4. The topological polar surface area (TPSA) is 79.7 Å². The summed E-state index contributed by atoms with van der Waals surface area (Å²) in [5.74, 6) is -0.0267. The number of methoxy groups -OCH3 is 1. The fourth-order valence-corrected chi connectivity index (χ4v) is 4.33. The van der Waals surface area contributed by atoms with Crippen molar-refractivity contribution in [2.24, 2.45) is 0 Å². The molecule has 1 aliphatic rings. The maximum Gasteiger partial charge on any atom is 0.257 e. The SMILES string of the molecule is COCCCNC(=O)CN1CCN(C(=O)c2cn(-c3ccccc3)nc2-c2ccc(C)c(C)c2)CC1. The van der Waals surface area contributed by atoms with E-state index in [0.29, 0.717) is 57.1 Å². The van der Waals surface area contributed by atoms with Crippen molar-refractivity contribution in [2.75, 3.05) is 53.0 Å². The Kier molecular flexibility index (Phi) is 8.51. The van der Waals surface area contributed by atoms with Gasteiger partial charge in [-0.2, -0.15) is 5.10 Å². The maximum atomic E-state index is 13.7. The van der Waals surface area contributed by atoms with Crippen molar-refractivity contribution >= 4 is 11.8 Å². The standard InChI is InChI=1S/C28H35N5O3/c1-21-10-11-23(18-22(21)2)27-25(19-33(30-27)24-8-5-4-6-9-24)28(35)32-15-13-31(14-16-32)20-26(34)29-12-7-17-36-3/h4-6,8-11,18-19H,7,12-17,20H2,1-3H3,(H,29,34). The van der Waals surface area contributed by atoms with Crippen LogP contribution in [0.3, 0.4) is 0 Å². The lowest BCUT2D eigenvalue weighted by atomic mass is 10.0. The first-order chi connectivity index (χ1) is 17.5. The highest BCUT2D eigenvalue weighted by Crippen LogP contribution is 2.27. The van der Waals surface area contributed by atoms with E-state index in [2.05, 4.69) is 36.2 Å². The number of aryl methyl sites for hydroxylation is 2. The number of nitrogens with zero attached hydrogens (tertiary/aromatic N) is 4. The first kappa shape index (κ1) is 25.6. The van der Waals surface area contributed by atoms with Crippen LogP contribution in [0.15, 0.2) is 54.7 Å². The lowest BCUT2D eigenvalue weighted by molar-refractivity contribution is -0.122. The number of amides is 2. The van der Waals surface area contributed by atoms with Crippen LogP contribution in [0.1, 0.15) is 27.9 Å². The van der Waals surface area contributed by atoms with Gasteiger partial charge in [0.1, 0.15) is 5.69 Å². The maximum absolute atomic E-state index is 13.7. The van der Waals surface area contributed by atoms with E-state index in [4.69, 9.17) is 9.84 Å². The molecule has 8 nitrogen and oxygen atoms in total. The summed E-state index contributed by atoms with van der Waals surface area (Å²) in [4.78, 5) is 29.9. The summed E-state index contributed by atoms with van der Waals surface area (Å²) >= 11 is 0. The third-order valence-electron chi connectivity index (χ3n) is 6.62. The largest absolute Gasteiger partial charge is 0.385 e. The number of hydrogen-bond donors (Lipinski definition) is 1. The summed E-state index contributed by atoms with van der Waals surface area (Å²) in [5.41, 5.74) is 5.47. The van der Waals surface area contributed by atoms with Crippen LogP contribution in [0.2, 0.25) is 0 Å². The number of hydrogen-bond acceptors (Lipinski definition) is 5. The minimum atomic E-state index is -0.0333. The number of carbonyl (C=O) groups is 2. The van der Waals surface area contributed by atoms with Crippen molar-refractivity contribution in [1.82, 2.24) is 24.9 Å². The molecule has 1 N–H and O–H groups in total.